The molecular formula is C22H46O. The van der Waals surface area contributed by atoms with E-state index in [-0.39, 0.29) is 0 Å². The summed E-state index contributed by atoms with van der Waals surface area (Å²) in [4.78, 5) is 0. The molecule has 0 aromatic carbocycles. The van der Waals surface area contributed by atoms with Crippen LogP contribution in [0.2, 0.25) is 0 Å². The predicted octanol–water partition coefficient (Wildman–Crippen LogP) is 7.66. The highest BCUT2D eigenvalue weighted by Gasteiger charge is 2.06. The Morgan fingerprint density at radius 1 is 0.478 bits per heavy atom. The lowest BCUT2D eigenvalue weighted by Crippen LogP contribution is -2.06. The maximum absolute atomic E-state index is 9.51. The molecule has 0 saturated carbocycles. The van der Waals surface area contributed by atoms with Gasteiger partial charge in [-0.25, -0.2) is 0 Å². The third-order valence-electron chi connectivity index (χ3n) is 5.19. The molecule has 0 aliphatic heterocycles. The zero-order chi connectivity index (χ0) is 17.0. The number of aliphatic hydroxyl groups excluding tert-OH is 1. The third-order valence-corrected chi connectivity index (χ3v) is 5.19. The van der Waals surface area contributed by atoms with Crippen LogP contribution in [0.15, 0.2) is 0 Å². The van der Waals surface area contributed by atoms with Crippen molar-refractivity contribution in [3.8, 4) is 0 Å². The van der Waals surface area contributed by atoms with E-state index in [0.29, 0.717) is 12.5 Å². The van der Waals surface area contributed by atoms with Gasteiger partial charge in [-0.1, -0.05) is 117 Å². The van der Waals surface area contributed by atoms with E-state index in [0.717, 1.165) is 0 Å². The molecule has 140 valence electrons. The van der Waals surface area contributed by atoms with E-state index in [1.54, 1.807) is 0 Å². The molecule has 0 bridgehead atoms. The SMILES string of the molecule is CCCCCCCCCCCCC(CO)CCCCCCCC. The molecule has 0 rings (SSSR count). The summed E-state index contributed by atoms with van der Waals surface area (Å²) in [6, 6.07) is 0. The average molecular weight is 327 g/mol. The van der Waals surface area contributed by atoms with Gasteiger partial charge in [0.15, 0.2) is 0 Å². The Kier molecular flexibility index (Phi) is 20.0. The van der Waals surface area contributed by atoms with Crippen LogP contribution >= 0.6 is 0 Å². The predicted molar refractivity (Wildman–Crippen MR) is 105 cm³/mol. The summed E-state index contributed by atoms with van der Waals surface area (Å²) >= 11 is 0. The summed E-state index contributed by atoms with van der Waals surface area (Å²) in [6.45, 7) is 4.97. The maximum Gasteiger partial charge on any atom is 0.0459 e. The van der Waals surface area contributed by atoms with Crippen LogP contribution in [0.4, 0.5) is 0 Å². The molecular weight excluding hydrogens is 280 g/mol. The van der Waals surface area contributed by atoms with Crippen LogP contribution in [0, 0.1) is 5.92 Å². The summed E-state index contributed by atoms with van der Waals surface area (Å²) in [7, 11) is 0. The molecule has 0 spiro atoms. The number of rotatable bonds is 19. The van der Waals surface area contributed by atoms with Crippen LogP contribution in [0.3, 0.4) is 0 Å². The van der Waals surface area contributed by atoms with Gasteiger partial charge in [-0.3, -0.25) is 0 Å². The number of aliphatic hydroxyl groups is 1. The molecule has 0 aromatic heterocycles. The van der Waals surface area contributed by atoms with Gasteiger partial charge in [0.1, 0.15) is 0 Å². The minimum atomic E-state index is 0.409. The first-order valence-electron chi connectivity index (χ1n) is 11.0. The van der Waals surface area contributed by atoms with Crippen molar-refractivity contribution < 1.29 is 5.11 Å². The summed E-state index contributed by atoms with van der Waals surface area (Å²) < 4.78 is 0. The van der Waals surface area contributed by atoms with Gasteiger partial charge in [-0.2, -0.15) is 0 Å². The zero-order valence-electron chi connectivity index (χ0n) is 16.5. The first-order chi connectivity index (χ1) is 11.3. The van der Waals surface area contributed by atoms with Gasteiger partial charge in [0.25, 0.3) is 0 Å². The first-order valence-corrected chi connectivity index (χ1v) is 11.0. The monoisotopic (exact) mass is 326 g/mol. The first kappa shape index (κ1) is 23.0. The van der Waals surface area contributed by atoms with Crippen molar-refractivity contribution >= 4 is 0 Å². The lowest BCUT2D eigenvalue weighted by atomic mass is 9.95. The second-order valence-electron chi connectivity index (χ2n) is 7.58. The molecule has 1 N–H and O–H groups in total. The van der Waals surface area contributed by atoms with Crippen molar-refractivity contribution in [2.75, 3.05) is 6.61 Å². The van der Waals surface area contributed by atoms with Gasteiger partial charge in [0.05, 0.1) is 0 Å². The Bertz CT molecular complexity index is 202. The van der Waals surface area contributed by atoms with E-state index >= 15 is 0 Å². The maximum atomic E-state index is 9.51. The molecule has 0 aromatic rings. The van der Waals surface area contributed by atoms with Crippen LogP contribution in [0.25, 0.3) is 0 Å². The number of hydrogen-bond acceptors (Lipinski definition) is 1. The molecule has 0 aliphatic carbocycles. The average Bonchev–Trinajstić information content (AvgIpc) is 2.57. The quantitative estimate of drug-likeness (QED) is 0.242. The molecule has 0 heterocycles. The molecule has 23 heavy (non-hydrogen) atoms. The van der Waals surface area contributed by atoms with Crippen molar-refractivity contribution in [3.05, 3.63) is 0 Å². The topological polar surface area (TPSA) is 20.2 Å². The lowest BCUT2D eigenvalue weighted by Gasteiger charge is -2.13. The Morgan fingerprint density at radius 3 is 1.09 bits per heavy atom. The lowest BCUT2D eigenvalue weighted by molar-refractivity contribution is 0.204. The fourth-order valence-corrected chi connectivity index (χ4v) is 3.46. The Morgan fingerprint density at radius 2 is 0.783 bits per heavy atom. The second kappa shape index (κ2) is 20.0. The van der Waals surface area contributed by atoms with Crippen molar-refractivity contribution in [2.24, 2.45) is 5.92 Å². The highest BCUT2D eigenvalue weighted by Crippen LogP contribution is 2.19. The summed E-state index contributed by atoms with van der Waals surface area (Å²) in [5, 5.41) is 9.51. The molecule has 0 radical (unpaired) electrons. The fourth-order valence-electron chi connectivity index (χ4n) is 3.46. The van der Waals surface area contributed by atoms with Crippen molar-refractivity contribution in [1.29, 1.82) is 0 Å². The molecule has 1 atom stereocenters. The second-order valence-corrected chi connectivity index (χ2v) is 7.58. The summed E-state index contributed by atoms with van der Waals surface area (Å²) in [6.07, 6.45) is 24.8. The highest BCUT2D eigenvalue weighted by atomic mass is 16.3. The van der Waals surface area contributed by atoms with Gasteiger partial charge in [-0.15, -0.1) is 0 Å². The van der Waals surface area contributed by atoms with Gasteiger partial charge in [0, 0.05) is 6.61 Å². The van der Waals surface area contributed by atoms with Crippen LogP contribution in [-0.2, 0) is 0 Å². The van der Waals surface area contributed by atoms with Crippen LogP contribution < -0.4 is 0 Å². The van der Waals surface area contributed by atoms with E-state index < -0.39 is 0 Å². The van der Waals surface area contributed by atoms with Gasteiger partial charge in [0.2, 0.25) is 0 Å². The Labute approximate surface area is 147 Å². The van der Waals surface area contributed by atoms with Crippen molar-refractivity contribution in [2.45, 2.75) is 129 Å². The third kappa shape index (κ3) is 18.1. The smallest absolute Gasteiger partial charge is 0.0459 e. The molecule has 0 aliphatic rings. The Hall–Kier alpha value is -0.0400. The molecule has 0 fully saturated rings. The zero-order valence-corrected chi connectivity index (χ0v) is 16.5. The van der Waals surface area contributed by atoms with Crippen molar-refractivity contribution in [1.82, 2.24) is 0 Å². The summed E-state index contributed by atoms with van der Waals surface area (Å²) in [5.41, 5.74) is 0. The van der Waals surface area contributed by atoms with Gasteiger partial charge < -0.3 is 5.11 Å². The minimum Gasteiger partial charge on any atom is -0.396 e. The fraction of sp³-hybridized carbons (Fsp3) is 1.00. The van der Waals surface area contributed by atoms with Crippen LogP contribution in [-0.4, -0.2) is 11.7 Å². The van der Waals surface area contributed by atoms with Gasteiger partial charge >= 0.3 is 0 Å². The minimum absolute atomic E-state index is 0.409. The molecule has 0 saturated heterocycles. The van der Waals surface area contributed by atoms with E-state index in [4.69, 9.17) is 0 Å². The Balaban J connectivity index is 3.26. The van der Waals surface area contributed by atoms with E-state index in [9.17, 15) is 5.11 Å². The van der Waals surface area contributed by atoms with Crippen LogP contribution in [0.5, 0.6) is 0 Å². The van der Waals surface area contributed by atoms with Gasteiger partial charge in [-0.05, 0) is 18.8 Å². The largest absolute Gasteiger partial charge is 0.396 e. The van der Waals surface area contributed by atoms with Crippen molar-refractivity contribution in [3.63, 3.8) is 0 Å². The molecule has 1 heteroatoms. The van der Waals surface area contributed by atoms with Crippen LogP contribution in [0.1, 0.15) is 129 Å². The normalized spacial score (nSPS) is 12.7. The number of hydrogen-bond donors (Lipinski definition) is 1. The summed E-state index contributed by atoms with van der Waals surface area (Å²) in [5.74, 6) is 0.579. The highest BCUT2D eigenvalue weighted by molar-refractivity contribution is 4.59. The standard InChI is InChI=1S/C22H46O/c1-3-5-7-9-11-12-13-14-16-18-20-22(21-23)19-17-15-10-8-6-4-2/h22-23H,3-21H2,1-2H3. The van der Waals surface area contributed by atoms with E-state index in [1.165, 1.54) is 116 Å². The van der Waals surface area contributed by atoms with E-state index in [2.05, 4.69) is 13.8 Å². The molecule has 1 nitrogen and oxygen atoms in total. The number of unbranched alkanes of at least 4 members (excludes halogenated alkanes) is 14. The van der Waals surface area contributed by atoms with E-state index in [1.807, 2.05) is 0 Å². The molecule has 0 amide bonds. The molecule has 1 unspecified atom stereocenters.